The van der Waals surface area contributed by atoms with Gasteiger partial charge in [0.2, 0.25) is 0 Å². The Kier molecular flexibility index (Phi) is 93.4. The molecule has 0 fully saturated rings. The third-order valence-corrected chi connectivity index (χ3v) is 0. The zero-order valence-corrected chi connectivity index (χ0v) is 10.1. The van der Waals surface area contributed by atoms with Gasteiger partial charge in [0, 0.05) is 11.9 Å². The van der Waals surface area contributed by atoms with E-state index < -0.39 is 11.9 Å². The minimum Gasteiger partial charge on any atom is -0.550 e. The summed E-state index contributed by atoms with van der Waals surface area (Å²) in [7, 11) is 0. The summed E-state index contributed by atoms with van der Waals surface area (Å²) in [4.78, 5) is 17.8. The molecule has 0 unspecified atom stereocenters. The maximum absolute atomic E-state index is 8.89. The summed E-state index contributed by atoms with van der Waals surface area (Å²) in [5.74, 6) is -2.17. The minimum atomic E-state index is -1.08. The SMILES string of the molecule is CC(=O)[O-].CC(=O)[O-].[CH2-]C.[CH2-]C.[Ti+4]. The maximum atomic E-state index is 8.89. The van der Waals surface area contributed by atoms with Crippen molar-refractivity contribution in [2.24, 2.45) is 0 Å². The summed E-state index contributed by atoms with van der Waals surface area (Å²) < 4.78 is 0. The average molecular weight is 224 g/mol. The van der Waals surface area contributed by atoms with E-state index in [4.69, 9.17) is 19.8 Å². The first-order valence-corrected chi connectivity index (χ1v) is 3.23. The van der Waals surface area contributed by atoms with E-state index in [0.29, 0.717) is 0 Å². The average Bonchev–Trinajstić information content (AvgIpc) is 1.93. The summed E-state index contributed by atoms with van der Waals surface area (Å²) in [5.41, 5.74) is 0. The first-order chi connectivity index (χ1) is 5.46. The van der Waals surface area contributed by atoms with Gasteiger partial charge in [0.15, 0.2) is 0 Å². The molecule has 0 amide bonds. The van der Waals surface area contributed by atoms with Crippen LogP contribution in [-0.2, 0) is 31.3 Å². The Morgan fingerprint density at radius 2 is 0.846 bits per heavy atom. The van der Waals surface area contributed by atoms with Crippen LogP contribution in [0.3, 0.4) is 0 Å². The summed E-state index contributed by atoms with van der Waals surface area (Å²) in [6.07, 6.45) is 0. The van der Waals surface area contributed by atoms with Crippen molar-refractivity contribution in [3.63, 3.8) is 0 Å². The van der Waals surface area contributed by atoms with E-state index in [2.05, 4.69) is 13.8 Å². The second kappa shape index (κ2) is 41.4. The Hall–Kier alpha value is -0.346. The largest absolute Gasteiger partial charge is 4.00 e. The number of carbonyl (C=O) groups is 2. The summed E-state index contributed by atoms with van der Waals surface area (Å²) in [6, 6.07) is 0. The van der Waals surface area contributed by atoms with Crippen LogP contribution >= 0.6 is 0 Å². The van der Waals surface area contributed by atoms with Crippen LogP contribution < -0.4 is 10.2 Å². The summed E-state index contributed by atoms with van der Waals surface area (Å²) in [5, 5.41) is 17.8. The van der Waals surface area contributed by atoms with Crippen molar-refractivity contribution < 1.29 is 41.5 Å². The maximum Gasteiger partial charge on any atom is 4.00 e. The van der Waals surface area contributed by atoms with E-state index in [9.17, 15) is 0 Å². The molecule has 0 atom stereocenters. The molecule has 0 aromatic heterocycles. The van der Waals surface area contributed by atoms with E-state index >= 15 is 0 Å². The molecule has 0 saturated carbocycles. The van der Waals surface area contributed by atoms with E-state index in [1.165, 1.54) is 0 Å². The Morgan fingerprint density at radius 3 is 0.846 bits per heavy atom. The van der Waals surface area contributed by atoms with E-state index in [-0.39, 0.29) is 21.7 Å². The predicted molar refractivity (Wildman–Crippen MR) is 43.4 cm³/mol. The van der Waals surface area contributed by atoms with Crippen LogP contribution in [-0.4, -0.2) is 11.9 Å². The molecule has 76 valence electrons. The van der Waals surface area contributed by atoms with Gasteiger partial charge in [-0.2, -0.15) is 13.8 Å². The molecule has 0 heterocycles. The van der Waals surface area contributed by atoms with Crippen molar-refractivity contribution in [2.75, 3.05) is 0 Å². The van der Waals surface area contributed by atoms with Gasteiger partial charge < -0.3 is 33.6 Å². The second-order valence-electron chi connectivity index (χ2n) is 0.983. The Labute approximate surface area is 95.2 Å². The van der Waals surface area contributed by atoms with Crippen molar-refractivity contribution in [2.45, 2.75) is 27.7 Å². The van der Waals surface area contributed by atoms with Crippen molar-refractivity contribution in [1.29, 1.82) is 0 Å². The monoisotopic (exact) mass is 224 g/mol. The number of aliphatic carboxylic acids is 2. The molecular formula is C8H16O4Ti. The van der Waals surface area contributed by atoms with Gasteiger partial charge in [0.05, 0.1) is 0 Å². The number of carbonyl (C=O) groups excluding carboxylic acids is 2. The molecule has 4 nitrogen and oxygen atoms in total. The molecule has 0 N–H and O–H groups in total. The molecule has 0 aliphatic carbocycles. The smallest absolute Gasteiger partial charge is 0.550 e. The van der Waals surface area contributed by atoms with Crippen molar-refractivity contribution in [3.05, 3.63) is 13.8 Å². The van der Waals surface area contributed by atoms with Crippen molar-refractivity contribution in [3.8, 4) is 0 Å². The Bertz CT molecular complexity index is 74.1. The Morgan fingerprint density at radius 1 is 0.846 bits per heavy atom. The quantitative estimate of drug-likeness (QED) is 0.398. The summed E-state index contributed by atoms with van der Waals surface area (Å²) in [6.45, 7) is 11.9. The van der Waals surface area contributed by atoms with Crippen LogP contribution in [0.15, 0.2) is 0 Å². The molecule has 0 saturated heterocycles. The number of rotatable bonds is 0. The standard InChI is InChI=1S/2C2H4O2.2C2H5.Ti/c2*1-2(3)4;2*1-2;/h2*1H3,(H,3,4);2*1H2,2H3;/q;;2*-1;+4/p-2. The van der Waals surface area contributed by atoms with Gasteiger partial charge in [-0.05, 0) is 13.8 Å². The molecular weight excluding hydrogens is 208 g/mol. The number of hydrogen-bond donors (Lipinski definition) is 0. The van der Waals surface area contributed by atoms with E-state index in [1.807, 2.05) is 0 Å². The van der Waals surface area contributed by atoms with Gasteiger partial charge in [-0.25, -0.2) is 0 Å². The zero-order valence-electron chi connectivity index (χ0n) is 8.55. The fourth-order valence-electron chi connectivity index (χ4n) is 0. The van der Waals surface area contributed by atoms with Crippen LogP contribution in [0.25, 0.3) is 0 Å². The molecule has 5 heteroatoms. The summed E-state index contributed by atoms with van der Waals surface area (Å²) >= 11 is 0. The molecule has 0 spiro atoms. The zero-order chi connectivity index (χ0) is 11.2. The van der Waals surface area contributed by atoms with Crippen LogP contribution in [0, 0.1) is 13.8 Å². The van der Waals surface area contributed by atoms with Crippen LogP contribution in [0.4, 0.5) is 0 Å². The fraction of sp³-hybridized carbons (Fsp3) is 0.500. The van der Waals surface area contributed by atoms with E-state index in [1.54, 1.807) is 13.8 Å². The van der Waals surface area contributed by atoms with Crippen molar-refractivity contribution in [1.82, 2.24) is 0 Å². The van der Waals surface area contributed by atoms with Gasteiger partial charge >= 0.3 is 21.7 Å². The second-order valence-corrected chi connectivity index (χ2v) is 0.983. The van der Waals surface area contributed by atoms with Gasteiger partial charge in [0.1, 0.15) is 0 Å². The Balaban J connectivity index is -0.0000000226. The normalized spacial score (nSPS) is 4.77. The topological polar surface area (TPSA) is 80.3 Å². The molecule has 0 rings (SSSR count). The number of carboxylic acids is 2. The molecule has 0 aromatic carbocycles. The molecule has 13 heavy (non-hydrogen) atoms. The van der Waals surface area contributed by atoms with Crippen LogP contribution in [0.1, 0.15) is 27.7 Å². The van der Waals surface area contributed by atoms with Gasteiger partial charge in [-0.1, -0.05) is 0 Å². The third-order valence-electron chi connectivity index (χ3n) is 0. The number of carboxylic acid groups (broad SMARTS) is 2. The molecule has 0 bridgehead atoms. The molecule has 0 aliphatic heterocycles. The fourth-order valence-corrected chi connectivity index (χ4v) is 0. The van der Waals surface area contributed by atoms with Crippen molar-refractivity contribution >= 4 is 11.9 Å². The first-order valence-electron chi connectivity index (χ1n) is 3.23. The van der Waals surface area contributed by atoms with Crippen LogP contribution in [0.5, 0.6) is 0 Å². The first kappa shape index (κ1) is 29.3. The molecule has 0 aromatic rings. The minimum absolute atomic E-state index is 0. The van der Waals surface area contributed by atoms with E-state index in [0.717, 1.165) is 13.8 Å². The van der Waals surface area contributed by atoms with Gasteiger partial charge in [-0.3, -0.25) is 0 Å². The molecule has 0 aliphatic rings. The third kappa shape index (κ3) is 9090. The van der Waals surface area contributed by atoms with Gasteiger partial charge in [0.25, 0.3) is 0 Å². The predicted octanol–water partition coefficient (Wildman–Crippen LogP) is -0.809. The van der Waals surface area contributed by atoms with Gasteiger partial charge in [-0.15, -0.1) is 0 Å². The van der Waals surface area contributed by atoms with Crippen LogP contribution in [0.2, 0.25) is 0 Å². The molecule has 0 radical (unpaired) electrons. The number of hydrogen-bond acceptors (Lipinski definition) is 4.